The molecular formula is C24H25N3O4. The van der Waals surface area contributed by atoms with Crippen molar-refractivity contribution < 1.29 is 18.9 Å². The van der Waals surface area contributed by atoms with Crippen LogP contribution in [0.1, 0.15) is 22.7 Å². The number of hydrogen-bond acceptors (Lipinski definition) is 7. The van der Waals surface area contributed by atoms with Gasteiger partial charge in [0.2, 0.25) is 0 Å². The lowest BCUT2D eigenvalue weighted by Gasteiger charge is -2.37. The van der Waals surface area contributed by atoms with Crippen molar-refractivity contribution in [1.29, 1.82) is 10.5 Å². The van der Waals surface area contributed by atoms with Gasteiger partial charge in [-0.1, -0.05) is 6.07 Å². The van der Waals surface area contributed by atoms with Crippen LogP contribution in [0, 0.1) is 22.7 Å². The van der Waals surface area contributed by atoms with Crippen LogP contribution in [0.2, 0.25) is 0 Å². The van der Waals surface area contributed by atoms with Crippen LogP contribution in [0.4, 0.5) is 0 Å². The van der Waals surface area contributed by atoms with Crippen molar-refractivity contribution in [3.05, 3.63) is 58.8 Å². The molecule has 7 heteroatoms. The van der Waals surface area contributed by atoms with Gasteiger partial charge in [0.1, 0.15) is 17.7 Å². The van der Waals surface area contributed by atoms with E-state index in [1.54, 1.807) is 34.6 Å². The maximum absolute atomic E-state index is 9.27. The monoisotopic (exact) mass is 419 g/mol. The second-order valence-electron chi connectivity index (χ2n) is 7.07. The summed E-state index contributed by atoms with van der Waals surface area (Å²) in [6, 6.07) is 13.6. The number of nitrogens with zero attached hydrogens (tertiary/aromatic N) is 3. The second-order valence-corrected chi connectivity index (χ2v) is 7.07. The van der Waals surface area contributed by atoms with Gasteiger partial charge in [0.05, 0.1) is 34.5 Å². The van der Waals surface area contributed by atoms with Gasteiger partial charge in [-0.05, 0) is 53.8 Å². The predicted octanol–water partition coefficient (Wildman–Crippen LogP) is 3.79. The van der Waals surface area contributed by atoms with Crippen LogP contribution in [-0.2, 0) is 12.8 Å². The SMILES string of the molecule is COc1ccc(C[C@H]2c3cc(OC)c(OC)cc3CCN2C=C(C#N)C#N)cc1OC. The number of fused-ring (bicyclic) bond motifs is 1. The van der Waals surface area contributed by atoms with Crippen LogP contribution in [-0.4, -0.2) is 39.9 Å². The first-order chi connectivity index (χ1) is 15.1. The Kier molecular flexibility index (Phi) is 6.89. The molecule has 31 heavy (non-hydrogen) atoms. The van der Waals surface area contributed by atoms with Crippen molar-refractivity contribution in [2.75, 3.05) is 35.0 Å². The van der Waals surface area contributed by atoms with E-state index < -0.39 is 0 Å². The van der Waals surface area contributed by atoms with E-state index in [2.05, 4.69) is 0 Å². The molecule has 0 N–H and O–H groups in total. The molecule has 160 valence electrons. The van der Waals surface area contributed by atoms with Crippen molar-refractivity contribution >= 4 is 0 Å². The van der Waals surface area contributed by atoms with E-state index in [4.69, 9.17) is 18.9 Å². The molecule has 2 aromatic carbocycles. The number of hydrogen-bond donors (Lipinski definition) is 0. The predicted molar refractivity (Wildman–Crippen MR) is 115 cm³/mol. The highest BCUT2D eigenvalue weighted by Crippen LogP contribution is 2.40. The Labute approximate surface area is 182 Å². The molecule has 0 bridgehead atoms. The fourth-order valence-corrected chi connectivity index (χ4v) is 3.91. The zero-order valence-electron chi connectivity index (χ0n) is 18.1. The van der Waals surface area contributed by atoms with Gasteiger partial charge in [0, 0.05) is 12.7 Å². The first kappa shape index (κ1) is 21.9. The van der Waals surface area contributed by atoms with Crippen LogP contribution in [0.15, 0.2) is 42.1 Å². The van der Waals surface area contributed by atoms with Crippen LogP contribution in [0.3, 0.4) is 0 Å². The second kappa shape index (κ2) is 9.77. The van der Waals surface area contributed by atoms with E-state index in [1.165, 1.54) is 0 Å². The smallest absolute Gasteiger partial charge is 0.161 e. The quantitative estimate of drug-likeness (QED) is 0.631. The highest BCUT2D eigenvalue weighted by Gasteiger charge is 2.28. The number of benzene rings is 2. The van der Waals surface area contributed by atoms with Gasteiger partial charge in [0.15, 0.2) is 23.0 Å². The molecule has 0 aliphatic carbocycles. The van der Waals surface area contributed by atoms with Gasteiger partial charge in [-0.25, -0.2) is 0 Å². The molecule has 1 atom stereocenters. The number of rotatable bonds is 7. The molecule has 1 aliphatic rings. The topological polar surface area (TPSA) is 87.7 Å². The number of nitriles is 2. The summed E-state index contributed by atoms with van der Waals surface area (Å²) in [5.74, 6) is 2.64. The summed E-state index contributed by atoms with van der Waals surface area (Å²) < 4.78 is 21.8. The Balaban J connectivity index is 2.09. The van der Waals surface area contributed by atoms with Crippen molar-refractivity contribution in [2.45, 2.75) is 18.9 Å². The van der Waals surface area contributed by atoms with Crippen molar-refractivity contribution in [1.82, 2.24) is 4.90 Å². The third-order valence-corrected chi connectivity index (χ3v) is 5.46. The number of ether oxygens (including phenoxy) is 4. The summed E-state index contributed by atoms with van der Waals surface area (Å²) in [5, 5.41) is 18.5. The number of methoxy groups -OCH3 is 4. The minimum Gasteiger partial charge on any atom is -0.493 e. The Bertz CT molecular complexity index is 1050. The molecule has 7 nitrogen and oxygen atoms in total. The lowest BCUT2D eigenvalue weighted by atomic mass is 9.88. The molecule has 0 aromatic heterocycles. The van der Waals surface area contributed by atoms with E-state index in [0.717, 1.165) is 23.1 Å². The Morgan fingerprint density at radius 1 is 0.935 bits per heavy atom. The molecule has 0 fully saturated rings. The van der Waals surface area contributed by atoms with Gasteiger partial charge in [-0.2, -0.15) is 10.5 Å². The van der Waals surface area contributed by atoms with Crippen molar-refractivity contribution in [3.8, 4) is 35.1 Å². The fraction of sp³-hybridized carbons (Fsp3) is 0.333. The standard InChI is InChI=1S/C24H25N3O4/c1-28-21-6-5-16(10-22(21)29-2)9-20-19-12-24(31-4)23(30-3)11-18(19)7-8-27(20)15-17(13-25)14-26/h5-6,10-12,15,20H,7-9H2,1-4H3/t20-/m0/s1. The molecule has 3 rings (SSSR count). The highest BCUT2D eigenvalue weighted by molar-refractivity contribution is 5.51. The first-order valence-corrected chi connectivity index (χ1v) is 9.81. The largest absolute Gasteiger partial charge is 0.493 e. The van der Waals surface area contributed by atoms with Gasteiger partial charge >= 0.3 is 0 Å². The Hall–Kier alpha value is -3.84. The molecule has 0 radical (unpaired) electrons. The van der Waals surface area contributed by atoms with Gasteiger partial charge < -0.3 is 23.8 Å². The summed E-state index contributed by atoms with van der Waals surface area (Å²) >= 11 is 0. The third-order valence-electron chi connectivity index (χ3n) is 5.46. The molecular weight excluding hydrogens is 394 g/mol. The van der Waals surface area contributed by atoms with Crippen molar-refractivity contribution in [2.24, 2.45) is 0 Å². The van der Waals surface area contributed by atoms with Gasteiger partial charge in [-0.3, -0.25) is 0 Å². The van der Waals surface area contributed by atoms with Crippen molar-refractivity contribution in [3.63, 3.8) is 0 Å². The summed E-state index contributed by atoms with van der Waals surface area (Å²) in [6.45, 7) is 0.674. The minimum atomic E-state index is -0.0987. The summed E-state index contributed by atoms with van der Waals surface area (Å²) in [4.78, 5) is 2.05. The van der Waals surface area contributed by atoms with Crippen LogP contribution >= 0.6 is 0 Å². The lowest BCUT2D eigenvalue weighted by Crippen LogP contribution is -2.33. The van der Waals surface area contributed by atoms with E-state index in [0.29, 0.717) is 36.0 Å². The molecule has 0 saturated heterocycles. The molecule has 0 amide bonds. The van der Waals surface area contributed by atoms with Crippen LogP contribution < -0.4 is 18.9 Å². The molecule has 2 aromatic rings. The molecule has 1 aliphatic heterocycles. The molecule has 0 spiro atoms. The maximum Gasteiger partial charge on any atom is 0.161 e. The molecule has 0 unspecified atom stereocenters. The number of allylic oxidation sites excluding steroid dienone is 1. The summed E-state index contributed by atoms with van der Waals surface area (Å²) in [5.41, 5.74) is 3.34. The average molecular weight is 419 g/mol. The first-order valence-electron chi connectivity index (χ1n) is 9.81. The van der Waals surface area contributed by atoms with E-state index in [9.17, 15) is 10.5 Å². The van der Waals surface area contributed by atoms with E-state index >= 15 is 0 Å². The molecule has 0 saturated carbocycles. The average Bonchev–Trinajstić information content (AvgIpc) is 2.82. The van der Waals surface area contributed by atoms with Gasteiger partial charge in [0.25, 0.3) is 0 Å². The third kappa shape index (κ3) is 4.51. The Morgan fingerprint density at radius 2 is 1.55 bits per heavy atom. The van der Waals surface area contributed by atoms with E-state index in [-0.39, 0.29) is 11.6 Å². The lowest BCUT2D eigenvalue weighted by molar-refractivity contribution is 0.259. The summed E-state index contributed by atoms with van der Waals surface area (Å²) in [7, 11) is 6.44. The molecule has 1 heterocycles. The highest BCUT2D eigenvalue weighted by atomic mass is 16.5. The minimum absolute atomic E-state index is 0.0706. The van der Waals surface area contributed by atoms with Crippen LogP contribution in [0.25, 0.3) is 0 Å². The normalized spacial score (nSPS) is 14.5. The fourth-order valence-electron chi connectivity index (χ4n) is 3.91. The van der Waals surface area contributed by atoms with Gasteiger partial charge in [-0.15, -0.1) is 0 Å². The zero-order valence-corrected chi connectivity index (χ0v) is 18.1. The van der Waals surface area contributed by atoms with Crippen LogP contribution in [0.5, 0.6) is 23.0 Å². The summed E-state index contributed by atoms with van der Waals surface area (Å²) in [6.07, 6.45) is 3.05. The maximum atomic E-state index is 9.27. The Morgan fingerprint density at radius 3 is 2.16 bits per heavy atom. The van der Waals surface area contributed by atoms with E-state index in [1.807, 2.05) is 47.4 Å². The zero-order chi connectivity index (χ0) is 22.4.